The van der Waals surface area contributed by atoms with E-state index in [1.54, 1.807) is 7.11 Å². The summed E-state index contributed by atoms with van der Waals surface area (Å²) in [6, 6.07) is 15.4. The van der Waals surface area contributed by atoms with Gasteiger partial charge in [-0.1, -0.05) is 23.7 Å². The van der Waals surface area contributed by atoms with E-state index < -0.39 is 0 Å². The first kappa shape index (κ1) is 19.1. The van der Waals surface area contributed by atoms with Crippen LogP contribution in [0.3, 0.4) is 0 Å². The minimum atomic E-state index is 0.614. The van der Waals surface area contributed by atoms with Crippen LogP contribution < -0.4 is 4.74 Å². The molecule has 1 aliphatic rings. The van der Waals surface area contributed by atoms with E-state index in [1.807, 2.05) is 57.8 Å². The third-order valence-corrected chi connectivity index (χ3v) is 5.45. The van der Waals surface area contributed by atoms with E-state index in [4.69, 9.17) is 38.4 Å². The van der Waals surface area contributed by atoms with Gasteiger partial charge in [-0.05, 0) is 48.6 Å². The summed E-state index contributed by atoms with van der Waals surface area (Å²) in [7, 11) is 1.65. The maximum Gasteiger partial charge on any atom is 0.204 e. The van der Waals surface area contributed by atoms with Gasteiger partial charge in [0.2, 0.25) is 4.77 Å². The number of halogens is 1. The number of morpholine rings is 1. The topological polar surface area (TPSA) is 44.5 Å². The van der Waals surface area contributed by atoms with E-state index in [0.717, 1.165) is 43.3 Å². The molecule has 2 aromatic carbocycles. The van der Waals surface area contributed by atoms with Crippen LogP contribution in [0.5, 0.6) is 5.75 Å². The van der Waals surface area contributed by atoms with E-state index in [0.29, 0.717) is 22.3 Å². The fraction of sp³-hybridized carbons (Fsp3) is 0.300. The second-order valence-corrected chi connectivity index (χ2v) is 7.26. The fourth-order valence-corrected chi connectivity index (χ4v) is 3.72. The van der Waals surface area contributed by atoms with Crippen molar-refractivity contribution in [2.75, 3.05) is 33.4 Å². The van der Waals surface area contributed by atoms with Gasteiger partial charge in [0.1, 0.15) is 5.75 Å². The molecule has 2 heterocycles. The molecule has 0 bridgehead atoms. The molecule has 1 aromatic heterocycles. The molecule has 0 saturated carbocycles. The van der Waals surface area contributed by atoms with E-state index >= 15 is 0 Å². The van der Waals surface area contributed by atoms with Crippen molar-refractivity contribution in [2.24, 2.45) is 0 Å². The maximum atomic E-state index is 6.48. The lowest BCUT2D eigenvalue weighted by Gasteiger charge is -2.26. The smallest absolute Gasteiger partial charge is 0.204 e. The van der Waals surface area contributed by atoms with Crippen molar-refractivity contribution >= 4 is 23.8 Å². The van der Waals surface area contributed by atoms with Gasteiger partial charge in [-0.3, -0.25) is 9.47 Å². The van der Waals surface area contributed by atoms with Crippen molar-refractivity contribution in [1.29, 1.82) is 0 Å². The predicted octanol–water partition coefficient (Wildman–Crippen LogP) is 4.02. The number of aromatic nitrogens is 3. The highest BCUT2D eigenvalue weighted by Gasteiger charge is 2.19. The predicted molar refractivity (Wildman–Crippen MR) is 112 cm³/mol. The van der Waals surface area contributed by atoms with Crippen LogP contribution in [-0.4, -0.2) is 52.7 Å². The van der Waals surface area contributed by atoms with Crippen LogP contribution in [0.15, 0.2) is 48.5 Å². The molecule has 0 amide bonds. The second kappa shape index (κ2) is 8.45. The Bertz CT molecular complexity index is 1010. The molecule has 4 rings (SSSR count). The molecule has 3 aromatic rings. The molecule has 1 saturated heterocycles. The van der Waals surface area contributed by atoms with Crippen LogP contribution in [-0.2, 0) is 11.4 Å². The van der Waals surface area contributed by atoms with Crippen molar-refractivity contribution in [2.45, 2.75) is 6.67 Å². The quantitative estimate of drug-likeness (QED) is 0.588. The normalized spacial score (nSPS) is 14.9. The molecular weight excluding hydrogens is 396 g/mol. The van der Waals surface area contributed by atoms with E-state index in [2.05, 4.69) is 4.90 Å². The molecule has 146 valence electrons. The lowest BCUT2D eigenvalue weighted by Crippen LogP contribution is -2.37. The molecule has 0 N–H and O–H groups in total. The van der Waals surface area contributed by atoms with Crippen LogP contribution in [0.2, 0.25) is 5.02 Å². The molecule has 0 atom stereocenters. The van der Waals surface area contributed by atoms with Gasteiger partial charge in [-0.15, -0.1) is 5.10 Å². The number of methoxy groups -OCH3 is 1. The van der Waals surface area contributed by atoms with Crippen LogP contribution in [0.4, 0.5) is 0 Å². The Kier molecular flexibility index (Phi) is 5.77. The fourth-order valence-electron chi connectivity index (χ4n) is 3.21. The molecule has 28 heavy (non-hydrogen) atoms. The highest BCUT2D eigenvalue weighted by molar-refractivity contribution is 7.71. The minimum absolute atomic E-state index is 0.614. The number of ether oxygens (including phenoxy) is 2. The summed E-state index contributed by atoms with van der Waals surface area (Å²) in [5.74, 6) is 1.50. The molecular formula is C20H21ClN4O2S. The van der Waals surface area contributed by atoms with Crippen LogP contribution in [0, 0.1) is 4.77 Å². The molecule has 8 heteroatoms. The van der Waals surface area contributed by atoms with Gasteiger partial charge in [0.05, 0.1) is 37.7 Å². The highest BCUT2D eigenvalue weighted by Crippen LogP contribution is 2.29. The van der Waals surface area contributed by atoms with Crippen molar-refractivity contribution in [3.63, 3.8) is 0 Å². The zero-order chi connectivity index (χ0) is 19.5. The number of benzene rings is 2. The average Bonchev–Trinajstić information content (AvgIpc) is 3.05. The Labute approximate surface area is 173 Å². The number of hydrogen-bond donors (Lipinski definition) is 0. The Morgan fingerprint density at radius 2 is 1.82 bits per heavy atom. The monoisotopic (exact) mass is 416 g/mol. The third-order valence-electron chi connectivity index (χ3n) is 4.72. The summed E-state index contributed by atoms with van der Waals surface area (Å²) >= 11 is 12.3. The van der Waals surface area contributed by atoms with Gasteiger partial charge in [0, 0.05) is 18.7 Å². The summed E-state index contributed by atoms with van der Waals surface area (Å²) in [5.41, 5.74) is 1.75. The van der Waals surface area contributed by atoms with Crippen molar-refractivity contribution in [3.05, 3.63) is 58.3 Å². The van der Waals surface area contributed by atoms with Crippen LogP contribution in [0.25, 0.3) is 17.1 Å². The van der Waals surface area contributed by atoms with Gasteiger partial charge in [-0.25, -0.2) is 4.68 Å². The number of rotatable bonds is 5. The van der Waals surface area contributed by atoms with Gasteiger partial charge in [0.15, 0.2) is 5.82 Å². The van der Waals surface area contributed by atoms with Crippen molar-refractivity contribution in [3.8, 4) is 22.8 Å². The van der Waals surface area contributed by atoms with Gasteiger partial charge in [0.25, 0.3) is 0 Å². The summed E-state index contributed by atoms with van der Waals surface area (Å²) in [6.45, 7) is 3.79. The zero-order valence-corrected chi connectivity index (χ0v) is 17.1. The van der Waals surface area contributed by atoms with Crippen LogP contribution >= 0.6 is 23.8 Å². The zero-order valence-electron chi connectivity index (χ0n) is 15.5. The Morgan fingerprint density at radius 3 is 2.50 bits per heavy atom. The Balaban J connectivity index is 1.81. The minimum Gasteiger partial charge on any atom is -0.497 e. The van der Waals surface area contributed by atoms with E-state index in [9.17, 15) is 0 Å². The molecule has 0 unspecified atom stereocenters. The largest absolute Gasteiger partial charge is 0.497 e. The highest BCUT2D eigenvalue weighted by atomic mass is 35.5. The third kappa shape index (κ3) is 3.84. The molecule has 0 radical (unpaired) electrons. The lowest BCUT2D eigenvalue weighted by atomic mass is 10.2. The summed E-state index contributed by atoms with van der Waals surface area (Å²) < 4.78 is 15.1. The van der Waals surface area contributed by atoms with Crippen molar-refractivity contribution in [1.82, 2.24) is 19.2 Å². The molecule has 0 spiro atoms. The van der Waals surface area contributed by atoms with Gasteiger partial charge < -0.3 is 9.47 Å². The molecule has 6 nitrogen and oxygen atoms in total. The Hall–Kier alpha value is -2.19. The van der Waals surface area contributed by atoms with Crippen LogP contribution in [0.1, 0.15) is 0 Å². The summed E-state index contributed by atoms with van der Waals surface area (Å²) in [4.78, 5) is 2.28. The maximum absolute atomic E-state index is 6.48. The summed E-state index contributed by atoms with van der Waals surface area (Å²) in [6.07, 6.45) is 0. The molecule has 1 aliphatic heterocycles. The first-order valence-corrected chi connectivity index (χ1v) is 9.85. The summed E-state index contributed by atoms with van der Waals surface area (Å²) in [5, 5.41) is 5.47. The molecule has 0 aliphatic carbocycles. The van der Waals surface area contributed by atoms with Gasteiger partial charge in [-0.2, -0.15) is 0 Å². The standard InChI is InChI=1S/C20H21ClN4O2S/c1-26-16-8-6-15(7-9-16)25-19(17-4-2-3-5-18(17)21)22-24(20(25)28)14-23-10-12-27-13-11-23/h2-9H,10-14H2,1H3. The van der Waals surface area contributed by atoms with Gasteiger partial charge >= 0.3 is 0 Å². The van der Waals surface area contributed by atoms with E-state index in [1.165, 1.54) is 0 Å². The molecule has 1 fully saturated rings. The second-order valence-electron chi connectivity index (χ2n) is 6.49. The lowest BCUT2D eigenvalue weighted by molar-refractivity contribution is 0.0210. The first-order chi connectivity index (χ1) is 13.7. The van der Waals surface area contributed by atoms with E-state index in [-0.39, 0.29) is 0 Å². The van der Waals surface area contributed by atoms with Crippen molar-refractivity contribution < 1.29 is 9.47 Å². The Morgan fingerprint density at radius 1 is 1.11 bits per heavy atom. The number of nitrogens with zero attached hydrogens (tertiary/aromatic N) is 4. The SMILES string of the molecule is COc1ccc(-n2c(-c3ccccc3Cl)nn(CN3CCOCC3)c2=S)cc1. The number of hydrogen-bond acceptors (Lipinski definition) is 5. The average molecular weight is 417 g/mol. The first-order valence-electron chi connectivity index (χ1n) is 9.06.